The lowest BCUT2D eigenvalue weighted by Gasteiger charge is -2.43. The molecule has 6 aliphatic rings. The van der Waals surface area contributed by atoms with E-state index in [1.807, 2.05) is 158 Å². The number of nitrogens with one attached hydrogen (secondary N) is 6. The van der Waals surface area contributed by atoms with Gasteiger partial charge >= 0.3 is 46.7 Å². The third-order valence-electron chi connectivity index (χ3n) is 23.6. The molecule has 12 heterocycles. The summed E-state index contributed by atoms with van der Waals surface area (Å²) < 4.78 is 62.4. The van der Waals surface area contributed by atoms with Gasteiger partial charge in [-0.2, -0.15) is 0 Å². The second-order valence-corrected chi connectivity index (χ2v) is 33.7. The zero-order valence-electron chi connectivity index (χ0n) is 72.0. The lowest BCUT2D eigenvalue weighted by molar-refractivity contribution is 0.0127. The molecular formula is C93H108N14O18. The number of carbonyl (C=O) groups is 2. The molecule has 6 fully saturated rings. The fourth-order valence-electron chi connectivity index (χ4n) is 16.7. The molecule has 658 valence electrons. The highest BCUT2D eigenvalue weighted by Crippen LogP contribution is 2.33. The van der Waals surface area contributed by atoms with Crippen LogP contribution in [0.15, 0.2) is 225 Å². The number of hydrogen-bond acceptors (Lipinski definition) is 24. The van der Waals surface area contributed by atoms with Gasteiger partial charge < -0.3 is 87.2 Å². The van der Waals surface area contributed by atoms with Crippen LogP contribution in [-0.2, 0) is 74.4 Å². The van der Waals surface area contributed by atoms with Gasteiger partial charge in [0, 0.05) is 105 Å². The predicted octanol–water partition coefficient (Wildman–Crippen LogP) is 11.5. The minimum Gasteiger partial charge on any atom is -0.445 e. The van der Waals surface area contributed by atoms with Crippen LogP contribution in [0, 0.1) is 0 Å². The van der Waals surface area contributed by atoms with E-state index < -0.39 is 0 Å². The fourth-order valence-corrected chi connectivity index (χ4v) is 16.7. The monoisotopic (exact) mass is 1710 g/mol. The van der Waals surface area contributed by atoms with Crippen molar-refractivity contribution in [3.8, 4) is 0 Å². The summed E-state index contributed by atoms with van der Waals surface area (Å²) in [4.78, 5) is 97.6. The zero-order chi connectivity index (χ0) is 87.8. The van der Waals surface area contributed by atoms with E-state index in [1.54, 1.807) is 52.1 Å². The minimum absolute atomic E-state index is 0.0436. The Kier molecular flexibility index (Phi) is 26.9. The number of carbonyl (C=O) groups excluding carboxylic acids is 2. The average molecular weight is 1710 g/mol. The lowest BCUT2D eigenvalue weighted by Crippen LogP contribution is -2.59. The summed E-state index contributed by atoms with van der Waals surface area (Å²) in [7, 11) is 10.2. The topological polar surface area (TPSA) is 361 Å². The molecule has 125 heavy (non-hydrogen) atoms. The number of rotatable bonds is 10. The highest BCUT2D eigenvalue weighted by Gasteiger charge is 2.37. The number of benzene rings is 8. The fraction of sp³-hybridized carbons (Fsp3) is 0.398. The summed E-state index contributed by atoms with van der Waals surface area (Å²) in [5.41, 5.74) is 16.6. The predicted molar refractivity (Wildman–Crippen MR) is 473 cm³/mol. The first-order chi connectivity index (χ1) is 60.2. The zero-order valence-corrected chi connectivity index (χ0v) is 72.0. The summed E-state index contributed by atoms with van der Waals surface area (Å²) >= 11 is 0. The summed E-state index contributed by atoms with van der Waals surface area (Å²) in [6.07, 6.45) is 5.37. The van der Waals surface area contributed by atoms with Crippen molar-refractivity contribution in [2.24, 2.45) is 42.3 Å². The second kappa shape index (κ2) is 38.4. The Morgan fingerprint density at radius 1 is 0.360 bits per heavy atom. The molecule has 6 unspecified atom stereocenters. The van der Waals surface area contributed by atoms with Crippen molar-refractivity contribution >= 4 is 78.8 Å². The number of fused-ring (bicyclic) bond motifs is 6. The Bertz CT molecular complexity index is 6410. The average Bonchev–Trinajstić information content (AvgIpc) is 1.62. The molecule has 8 aromatic carbocycles. The van der Waals surface area contributed by atoms with Gasteiger partial charge in [-0.1, -0.05) is 103 Å². The van der Waals surface area contributed by atoms with Gasteiger partial charge in [-0.15, -0.1) is 0 Å². The third kappa shape index (κ3) is 20.7. The number of morpholine rings is 2. The standard InChI is InChI=1S/C22H25N3O4.C20H21N3O4.C14H18N2O3.C13H16N2O2.C12H14N2O3.C12H14N2O2/c1-22(2)14-25(21(27)28-13-15-7-5-4-6-8-15)12-17(23-22)16-9-10-18-19(11-16)29-20(26)24(18)3;1-22-17-8-7-15(11-18(17)27-19(22)24)16-12-23(10-9-21-16)20(25)26-13-14-5-3-2-4-6-14;1-14(2)8-18-7-10(15-14)9-4-5-11-12(6-9)19-13(17)16(11)3;1-15-11-6-5-9(8-12(11)17-13(15)16)10-4-2-3-7-14-10;1-14-10-3-2-8(6-11(10)17-12(14)15)9-7-16-5-4-13-9;1-14-10-5-4-8(9-3-2-6-13-9)7-11(10)16-12(14)15/h4-11,17,23H,12-14H2,1-3H3;2-8,11,16,21H,9-10,12-13H2,1H3;4-6,10,15H,7-8H2,1-3H3;5-6,8,10,14H,2-4,7H2,1H3;2-3,6,9,13H,4-5,7H2,1H3;4-5,7,9,13H,2-3,6H2,1H3. The molecule has 6 atom stereocenters. The number of aromatic nitrogens is 6. The summed E-state index contributed by atoms with van der Waals surface area (Å²) in [6.45, 7) is 17.3. The first-order valence-corrected chi connectivity index (χ1v) is 42.3. The SMILES string of the molecule is Cn1c(=O)oc2cc(C3CCCCN3)ccc21.Cn1c(=O)oc2cc(C3CCCN3)ccc21.Cn1c(=O)oc2cc(C3CN(C(=O)OCc4ccccc4)CC(C)(C)N3)ccc21.Cn1c(=O)oc2cc(C3CN(C(=O)OCc4ccccc4)CCN3)ccc21.Cn1c(=O)oc2cc(C3COCC(C)(C)N3)ccc21.Cn1c(=O)oc2cc(C3COCCN3)ccc21. The summed E-state index contributed by atoms with van der Waals surface area (Å²) in [6, 6.07) is 55.3. The minimum atomic E-state index is -0.389. The Labute approximate surface area is 718 Å². The van der Waals surface area contributed by atoms with E-state index in [9.17, 15) is 38.4 Å². The number of aryl methyl sites for hydroxylation is 6. The molecule has 6 aromatic heterocycles. The van der Waals surface area contributed by atoms with E-state index in [4.69, 9.17) is 45.5 Å². The highest BCUT2D eigenvalue weighted by atomic mass is 16.6. The van der Waals surface area contributed by atoms with Crippen LogP contribution in [-0.4, -0.2) is 139 Å². The molecule has 20 rings (SSSR count). The van der Waals surface area contributed by atoms with Gasteiger partial charge in [0.05, 0.1) is 83.7 Å². The summed E-state index contributed by atoms with van der Waals surface area (Å²) in [5, 5.41) is 20.8. The maximum Gasteiger partial charge on any atom is 0.419 e. The molecule has 0 radical (unpaired) electrons. The second-order valence-electron chi connectivity index (χ2n) is 33.7. The van der Waals surface area contributed by atoms with E-state index in [0.717, 1.165) is 106 Å². The largest absolute Gasteiger partial charge is 0.445 e. The van der Waals surface area contributed by atoms with Crippen LogP contribution in [0.3, 0.4) is 0 Å². The molecule has 0 spiro atoms. The van der Waals surface area contributed by atoms with Crippen molar-refractivity contribution in [3.05, 3.63) is 278 Å². The van der Waals surface area contributed by atoms with Crippen molar-refractivity contribution in [2.45, 2.75) is 120 Å². The first-order valence-electron chi connectivity index (χ1n) is 42.3. The van der Waals surface area contributed by atoms with E-state index >= 15 is 0 Å². The van der Waals surface area contributed by atoms with Gasteiger partial charge in [0.25, 0.3) is 0 Å². The van der Waals surface area contributed by atoms with Crippen molar-refractivity contribution in [1.82, 2.24) is 69.1 Å². The number of piperazine rings is 2. The molecule has 0 saturated carbocycles. The van der Waals surface area contributed by atoms with E-state index in [1.165, 1.54) is 57.8 Å². The molecule has 2 amide bonds. The number of nitrogens with zero attached hydrogens (tertiary/aromatic N) is 8. The number of ether oxygens (including phenoxy) is 4. The molecular weight excluding hydrogens is 1600 g/mol. The van der Waals surface area contributed by atoms with Gasteiger partial charge in [-0.3, -0.25) is 27.4 Å². The van der Waals surface area contributed by atoms with Crippen LogP contribution in [0.2, 0.25) is 0 Å². The molecule has 0 aliphatic carbocycles. The quantitative estimate of drug-likeness (QED) is 0.0740. The number of hydrogen-bond donors (Lipinski definition) is 6. The van der Waals surface area contributed by atoms with Gasteiger partial charge in [0.15, 0.2) is 33.5 Å². The molecule has 0 bridgehead atoms. The van der Waals surface area contributed by atoms with Crippen molar-refractivity contribution < 1.29 is 55.0 Å². The van der Waals surface area contributed by atoms with Crippen molar-refractivity contribution in [1.29, 1.82) is 0 Å². The van der Waals surface area contributed by atoms with Gasteiger partial charge in [0.2, 0.25) is 0 Å². The number of piperidine rings is 1. The first kappa shape index (κ1) is 87.5. The molecule has 32 nitrogen and oxygen atoms in total. The van der Waals surface area contributed by atoms with Gasteiger partial charge in [0.1, 0.15) is 13.2 Å². The number of oxazole rings is 6. The Hall–Kier alpha value is -12.4. The Balaban J connectivity index is 0.000000118. The summed E-state index contributed by atoms with van der Waals surface area (Å²) in [5.74, 6) is -2.03. The third-order valence-corrected chi connectivity index (χ3v) is 23.6. The van der Waals surface area contributed by atoms with Crippen LogP contribution in [0.4, 0.5) is 9.59 Å². The lowest BCUT2D eigenvalue weighted by atomic mass is 9.95. The van der Waals surface area contributed by atoms with Crippen LogP contribution in [0.1, 0.15) is 141 Å². The van der Waals surface area contributed by atoms with Gasteiger partial charge in [-0.25, -0.2) is 38.4 Å². The van der Waals surface area contributed by atoms with Crippen LogP contribution >= 0.6 is 0 Å². The normalized spacial score (nSPS) is 19.9. The van der Waals surface area contributed by atoms with Crippen molar-refractivity contribution in [2.75, 3.05) is 78.8 Å². The molecule has 6 aliphatic heterocycles. The highest BCUT2D eigenvalue weighted by molar-refractivity contribution is 5.78. The van der Waals surface area contributed by atoms with Crippen LogP contribution in [0.5, 0.6) is 0 Å². The maximum atomic E-state index is 12.7. The molecule has 14 aromatic rings. The molecule has 6 saturated heterocycles. The van der Waals surface area contributed by atoms with Crippen LogP contribution in [0.25, 0.3) is 66.6 Å². The van der Waals surface area contributed by atoms with Gasteiger partial charge in [-0.05, 0) is 184 Å². The molecule has 32 heteroatoms. The van der Waals surface area contributed by atoms with Crippen molar-refractivity contribution in [3.63, 3.8) is 0 Å². The van der Waals surface area contributed by atoms with E-state index in [0.29, 0.717) is 98.1 Å². The Morgan fingerprint density at radius 3 is 1.08 bits per heavy atom. The maximum absolute atomic E-state index is 12.7. The smallest absolute Gasteiger partial charge is 0.419 e. The number of amides is 2. The Morgan fingerprint density at radius 2 is 0.696 bits per heavy atom. The van der Waals surface area contributed by atoms with E-state index in [2.05, 4.69) is 71.7 Å². The molecule has 6 N–H and O–H groups in total. The van der Waals surface area contributed by atoms with E-state index in [-0.39, 0.29) is 95.2 Å². The van der Waals surface area contributed by atoms with Crippen LogP contribution < -0.4 is 66.4 Å².